The molecule has 4 atom stereocenters. The molecule has 2 aliphatic heterocycles. The fourth-order valence-corrected chi connectivity index (χ4v) is 6.32. The lowest BCUT2D eigenvalue weighted by Crippen LogP contribution is -2.51. The van der Waals surface area contributed by atoms with Crippen LogP contribution in [0.5, 0.6) is 0 Å². The molecule has 28 heavy (non-hydrogen) atoms. The molecule has 3 fully saturated rings. The highest BCUT2D eigenvalue weighted by molar-refractivity contribution is 6.33. The lowest BCUT2D eigenvalue weighted by molar-refractivity contribution is 0.0565. The Balaban J connectivity index is 1.48. The van der Waals surface area contributed by atoms with Gasteiger partial charge in [0.05, 0.1) is 5.02 Å². The Morgan fingerprint density at radius 1 is 1.25 bits per heavy atom. The van der Waals surface area contributed by atoms with Crippen LogP contribution in [0.1, 0.15) is 49.6 Å². The van der Waals surface area contributed by atoms with Gasteiger partial charge in [0, 0.05) is 41.7 Å². The Morgan fingerprint density at radius 2 is 2.00 bits per heavy atom. The number of likely N-dealkylation sites (tertiary alicyclic amines) is 2. The zero-order valence-electron chi connectivity index (χ0n) is 16.4. The summed E-state index contributed by atoms with van der Waals surface area (Å²) < 4.78 is 5.51. The minimum atomic E-state index is -0.0273. The molecule has 1 aliphatic carbocycles. The number of fused-ring (bicyclic) bond motifs is 1. The largest absolute Gasteiger partial charge is 0.350 e. The second-order valence-electron chi connectivity index (χ2n) is 8.89. The van der Waals surface area contributed by atoms with E-state index in [0.29, 0.717) is 22.5 Å². The molecule has 1 amide bonds. The summed E-state index contributed by atoms with van der Waals surface area (Å²) in [5, 5.41) is 4.74. The number of amides is 1. The van der Waals surface area contributed by atoms with E-state index >= 15 is 0 Å². The van der Waals surface area contributed by atoms with Crippen LogP contribution in [0.3, 0.4) is 0 Å². The molecule has 1 saturated carbocycles. The molecule has 5 nitrogen and oxygen atoms in total. The van der Waals surface area contributed by atoms with Crippen LogP contribution in [0, 0.1) is 5.41 Å². The molecule has 0 N–H and O–H groups in total. The van der Waals surface area contributed by atoms with Crippen LogP contribution in [0.2, 0.25) is 5.02 Å². The minimum absolute atomic E-state index is 0.0273. The smallest absolute Gasteiger partial charge is 0.293 e. The second kappa shape index (κ2) is 6.60. The number of nitrogens with zero attached hydrogens (tertiary/aromatic N) is 3. The van der Waals surface area contributed by atoms with Crippen LogP contribution in [-0.2, 0) is 0 Å². The lowest BCUT2D eigenvalue weighted by atomic mass is 9.71. The monoisotopic (exact) mass is 399 g/mol. The van der Waals surface area contributed by atoms with Gasteiger partial charge in [-0.2, -0.15) is 0 Å². The number of carbonyl (C=O) groups is 1. The maximum absolute atomic E-state index is 13.5. The van der Waals surface area contributed by atoms with Crippen molar-refractivity contribution >= 4 is 17.5 Å². The molecule has 1 aromatic heterocycles. The van der Waals surface area contributed by atoms with Crippen molar-refractivity contribution in [2.75, 3.05) is 13.6 Å². The van der Waals surface area contributed by atoms with Crippen LogP contribution in [0.4, 0.5) is 0 Å². The van der Waals surface area contributed by atoms with Crippen molar-refractivity contribution in [2.24, 2.45) is 5.41 Å². The molecule has 3 heterocycles. The van der Waals surface area contributed by atoms with Gasteiger partial charge < -0.3 is 14.3 Å². The predicted molar refractivity (Wildman–Crippen MR) is 108 cm³/mol. The zero-order valence-corrected chi connectivity index (χ0v) is 17.2. The number of rotatable bonds is 2. The first-order valence-corrected chi connectivity index (χ1v) is 10.6. The fraction of sp³-hybridized carbons (Fsp3) is 0.545. The minimum Gasteiger partial charge on any atom is -0.350 e. The molecular formula is C22H26ClN3O2. The lowest BCUT2D eigenvalue weighted by Gasteiger charge is -2.44. The molecule has 5 rings (SSSR count). The zero-order chi connectivity index (χ0) is 19.5. The van der Waals surface area contributed by atoms with E-state index in [4.69, 9.17) is 16.1 Å². The highest BCUT2D eigenvalue weighted by atomic mass is 35.5. The van der Waals surface area contributed by atoms with E-state index < -0.39 is 0 Å². The van der Waals surface area contributed by atoms with Crippen molar-refractivity contribution in [2.45, 2.75) is 57.2 Å². The van der Waals surface area contributed by atoms with Crippen molar-refractivity contribution in [1.29, 1.82) is 0 Å². The third-order valence-electron chi connectivity index (χ3n) is 7.27. The number of piperidine rings is 1. The Morgan fingerprint density at radius 3 is 2.79 bits per heavy atom. The molecule has 2 aromatic rings. The first kappa shape index (κ1) is 18.2. The van der Waals surface area contributed by atoms with Crippen LogP contribution in [0.15, 0.2) is 34.9 Å². The number of carbonyl (C=O) groups excluding carboxylic acids is 1. The van der Waals surface area contributed by atoms with Gasteiger partial charge in [0.15, 0.2) is 0 Å². The molecule has 0 spiro atoms. The van der Waals surface area contributed by atoms with Gasteiger partial charge in [0.25, 0.3) is 5.91 Å². The topological polar surface area (TPSA) is 49.6 Å². The summed E-state index contributed by atoms with van der Waals surface area (Å²) in [6, 6.07) is 10.3. The maximum atomic E-state index is 13.5. The van der Waals surface area contributed by atoms with E-state index in [2.05, 4.69) is 28.9 Å². The third kappa shape index (κ3) is 2.63. The van der Waals surface area contributed by atoms with Crippen molar-refractivity contribution in [3.63, 3.8) is 0 Å². The summed E-state index contributed by atoms with van der Waals surface area (Å²) in [6.07, 6.45) is 5.82. The van der Waals surface area contributed by atoms with E-state index in [1.807, 2.05) is 24.3 Å². The van der Waals surface area contributed by atoms with Crippen LogP contribution < -0.4 is 0 Å². The van der Waals surface area contributed by atoms with E-state index in [1.165, 1.54) is 19.3 Å². The first-order valence-electron chi connectivity index (χ1n) is 10.2. The number of benzene rings is 1. The van der Waals surface area contributed by atoms with Crippen LogP contribution in [-0.4, -0.2) is 52.6 Å². The molecule has 0 radical (unpaired) electrons. The normalized spacial score (nSPS) is 32.4. The van der Waals surface area contributed by atoms with E-state index in [9.17, 15) is 4.79 Å². The average Bonchev–Trinajstić information content (AvgIpc) is 3.19. The predicted octanol–water partition coefficient (Wildman–Crippen LogP) is 4.47. The van der Waals surface area contributed by atoms with Crippen molar-refractivity contribution in [3.05, 3.63) is 41.1 Å². The number of likely N-dealkylation sites (N-methyl/N-ethyl adjacent to an activating group) is 1. The summed E-state index contributed by atoms with van der Waals surface area (Å²) in [4.78, 5) is 18.1. The molecule has 148 valence electrons. The average molecular weight is 400 g/mol. The summed E-state index contributed by atoms with van der Waals surface area (Å²) in [5.74, 6) is 0.287. The van der Waals surface area contributed by atoms with Crippen molar-refractivity contribution in [1.82, 2.24) is 15.0 Å². The van der Waals surface area contributed by atoms with Crippen LogP contribution >= 0.6 is 11.6 Å². The van der Waals surface area contributed by atoms with Gasteiger partial charge in [-0.05, 0) is 32.4 Å². The molecule has 2 bridgehead atoms. The summed E-state index contributed by atoms with van der Waals surface area (Å²) in [6.45, 7) is 3.33. The van der Waals surface area contributed by atoms with Gasteiger partial charge in [-0.25, -0.2) is 0 Å². The van der Waals surface area contributed by atoms with Gasteiger partial charge in [0.2, 0.25) is 5.76 Å². The highest BCUT2D eigenvalue weighted by Gasteiger charge is 2.59. The van der Waals surface area contributed by atoms with Crippen LogP contribution in [0.25, 0.3) is 11.3 Å². The Kier molecular flexibility index (Phi) is 4.29. The quantitative estimate of drug-likeness (QED) is 0.747. The Hall–Kier alpha value is -1.85. The van der Waals surface area contributed by atoms with E-state index in [1.54, 1.807) is 6.07 Å². The molecule has 3 aliphatic rings. The van der Waals surface area contributed by atoms with Gasteiger partial charge in [-0.1, -0.05) is 54.7 Å². The standard InChI is InChI=1S/C22H26ClN3O2/c1-22-12-14-13-25(2)19(22)9-5-6-10-20(22)26(14)21(27)18-11-17(24-28-18)15-7-3-4-8-16(15)23/h3-4,7-8,11,14,19-20H,5-6,9-10,12-13H2,1-2H3/t14-,19+,20-,22+/m0/s1. The molecular weight excluding hydrogens is 374 g/mol. The molecule has 1 aromatic carbocycles. The molecule has 6 heteroatoms. The number of aromatic nitrogens is 1. The van der Waals surface area contributed by atoms with Gasteiger partial charge in [-0.15, -0.1) is 0 Å². The second-order valence-corrected chi connectivity index (χ2v) is 9.30. The number of hydrogen-bond donors (Lipinski definition) is 0. The van der Waals surface area contributed by atoms with E-state index in [0.717, 1.165) is 24.9 Å². The summed E-state index contributed by atoms with van der Waals surface area (Å²) in [5.41, 5.74) is 1.56. The molecule has 2 saturated heterocycles. The summed E-state index contributed by atoms with van der Waals surface area (Å²) in [7, 11) is 2.22. The van der Waals surface area contributed by atoms with Crippen molar-refractivity contribution in [3.8, 4) is 11.3 Å². The Bertz CT molecular complexity index is 913. The van der Waals surface area contributed by atoms with Gasteiger partial charge >= 0.3 is 0 Å². The molecule has 0 unspecified atom stereocenters. The number of halogens is 1. The van der Waals surface area contributed by atoms with Gasteiger partial charge in [0.1, 0.15) is 5.69 Å². The third-order valence-corrected chi connectivity index (χ3v) is 7.60. The highest BCUT2D eigenvalue weighted by Crippen LogP contribution is 2.53. The fourth-order valence-electron chi connectivity index (χ4n) is 6.09. The van der Waals surface area contributed by atoms with Gasteiger partial charge in [-0.3, -0.25) is 4.79 Å². The number of hydrogen-bond acceptors (Lipinski definition) is 4. The SMILES string of the molecule is CN1C[C@@H]2C[C@@]3(C)[C@H](CCCC[C@@H]13)N2C(=O)c1cc(-c2ccccc2Cl)no1. The Labute approximate surface area is 170 Å². The first-order chi connectivity index (χ1) is 13.5. The van der Waals surface area contributed by atoms with Crippen molar-refractivity contribution < 1.29 is 9.32 Å². The van der Waals surface area contributed by atoms with E-state index in [-0.39, 0.29) is 23.4 Å². The maximum Gasteiger partial charge on any atom is 0.293 e. The summed E-state index contributed by atoms with van der Waals surface area (Å²) >= 11 is 6.29.